The summed E-state index contributed by atoms with van der Waals surface area (Å²) in [6.07, 6.45) is 0.637. The third kappa shape index (κ3) is 3.87. The maximum absolute atomic E-state index is 13.3. The molecular formula is C18H16FN3OS3. The number of halogens is 1. The molecule has 0 fully saturated rings. The lowest BCUT2D eigenvalue weighted by Gasteiger charge is -2.22. The van der Waals surface area contributed by atoms with Crippen LogP contribution in [-0.4, -0.2) is 39.1 Å². The van der Waals surface area contributed by atoms with E-state index in [1.807, 2.05) is 17.5 Å². The summed E-state index contributed by atoms with van der Waals surface area (Å²) < 4.78 is 14.3. The van der Waals surface area contributed by atoms with Gasteiger partial charge >= 0.3 is 0 Å². The average molecular weight is 406 g/mol. The van der Waals surface area contributed by atoms with Gasteiger partial charge in [-0.1, -0.05) is 41.7 Å². The van der Waals surface area contributed by atoms with Crippen molar-refractivity contribution in [3.8, 4) is 0 Å². The van der Waals surface area contributed by atoms with E-state index in [9.17, 15) is 9.18 Å². The van der Waals surface area contributed by atoms with Gasteiger partial charge in [0.05, 0.1) is 28.9 Å². The molecule has 4 nitrogen and oxygen atoms in total. The van der Waals surface area contributed by atoms with Gasteiger partial charge < -0.3 is 0 Å². The van der Waals surface area contributed by atoms with Gasteiger partial charge in [-0.2, -0.15) is 5.10 Å². The van der Waals surface area contributed by atoms with Crippen molar-refractivity contribution in [1.29, 1.82) is 0 Å². The zero-order chi connectivity index (χ0) is 17.9. The number of hydrazone groups is 1. The van der Waals surface area contributed by atoms with Crippen LogP contribution in [-0.2, 0) is 4.79 Å². The normalized spacial score (nSPS) is 19.6. The molecule has 1 aromatic carbocycles. The number of nitrogens with zero attached hydrogens (tertiary/aromatic N) is 3. The fourth-order valence-electron chi connectivity index (χ4n) is 2.87. The smallest absolute Gasteiger partial charge is 0.253 e. The van der Waals surface area contributed by atoms with Crippen molar-refractivity contribution in [3.63, 3.8) is 0 Å². The molecule has 0 spiro atoms. The second-order valence-electron chi connectivity index (χ2n) is 5.82. The summed E-state index contributed by atoms with van der Waals surface area (Å²) in [6.45, 7) is 0.823. The van der Waals surface area contributed by atoms with Crippen LogP contribution in [0.15, 0.2) is 51.9 Å². The predicted molar refractivity (Wildman–Crippen MR) is 109 cm³/mol. The number of hydrogen-bond acceptors (Lipinski definition) is 6. The highest BCUT2D eigenvalue weighted by Crippen LogP contribution is 2.34. The van der Waals surface area contributed by atoms with Gasteiger partial charge in [-0.15, -0.1) is 11.3 Å². The maximum atomic E-state index is 13.3. The lowest BCUT2D eigenvalue weighted by Crippen LogP contribution is -2.28. The van der Waals surface area contributed by atoms with Gasteiger partial charge in [0.1, 0.15) is 10.2 Å². The average Bonchev–Trinajstić information content (AvgIpc) is 3.41. The van der Waals surface area contributed by atoms with Crippen LogP contribution in [0.1, 0.15) is 22.9 Å². The number of benzene rings is 1. The number of carbonyl (C=O) groups is 1. The Hall–Kier alpha value is -1.64. The molecule has 2 aliphatic rings. The van der Waals surface area contributed by atoms with Gasteiger partial charge in [0.25, 0.3) is 5.91 Å². The molecule has 0 unspecified atom stereocenters. The Morgan fingerprint density at radius 3 is 2.85 bits per heavy atom. The highest BCUT2D eigenvalue weighted by molar-refractivity contribution is 8.39. The number of aliphatic imine (C=N–C) groups is 1. The Labute approximate surface area is 163 Å². The van der Waals surface area contributed by atoms with Crippen LogP contribution in [0.3, 0.4) is 0 Å². The molecule has 26 heavy (non-hydrogen) atoms. The topological polar surface area (TPSA) is 45.0 Å². The number of thiophene rings is 1. The molecular weight excluding hydrogens is 389 g/mol. The first-order chi connectivity index (χ1) is 12.7. The number of carbonyl (C=O) groups excluding carboxylic acids is 1. The van der Waals surface area contributed by atoms with Crippen LogP contribution in [0.2, 0.25) is 0 Å². The monoisotopic (exact) mass is 405 g/mol. The number of thioether (sulfide) groups is 2. The van der Waals surface area contributed by atoms with Crippen molar-refractivity contribution in [2.45, 2.75) is 12.5 Å². The summed E-state index contributed by atoms with van der Waals surface area (Å²) in [7, 11) is 0. The summed E-state index contributed by atoms with van der Waals surface area (Å²) in [5, 5.41) is 8.18. The van der Waals surface area contributed by atoms with Crippen LogP contribution in [0.25, 0.3) is 0 Å². The molecule has 3 heterocycles. The van der Waals surface area contributed by atoms with Crippen molar-refractivity contribution in [2.24, 2.45) is 10.1 Å². The molecule has 0 N–H and O–H groups in total. The molecule has 0 aliphatic carbocycles. The molecule has 4 rings (SSSR count). The Morgan fingerprint density at radius 2 is 2.15 bits per heavy atom. The Bertz CT molecular complexity index is 849. The van der Waals surface area contributed by atoms with Crippen LogP contribution < -0.4 is 0 Å². The van der Waals surface area contributed by atoms with E-state index >= 15 is 0 Å². The summed E-state index contributed by atoms with van der Waals surface area (Å²) in [4.78, 5) is 18.3. The lowest BCUT2D eigenvalue weighted by atomic mass is 10.0. The third-order valence-corrected chi connectivity index (χ3v) is 7.26. The van der Waals surface area contributed by atoms with Gasteiger partial charge in [0.15, 0.2) is 0 Å². The van der Waals surface area contributed by atoms with E-state index in [1.165, 1.54) is 23.9 Å². The molecule has 8 heteroatoms. The maximum Gasteiger partial charge on any atom is 0.253 e. The van der Waals surface area contributed by atoms with Gasteiger partial charge in [-0.25, -0.2) is 9.40 Å². The minimum absolute atomic E-state index is 0.0499. The summed E-state index contributed by atoms with van der Waals surface area (Å²) in [5.74, 6) is 0.964. The quantitative estimate of drug-likeness (QED) is 0.757. The van der Waals surface area contributed by atoms with Gasteiger partial charge in [-0.3, -0.25) is 9.79 Å². The molecule has 0 saturated carbocycles. The van der Waals surface area contributed by atoms with Crippen molar-refractivity contribution in [2.75, 3.05) is 18.1 Å². The fourth-order valence-corrected chi connectivity index (χ4v) is 5.45. The van der Waals surface area contributed by atoms with Crippen LogP contribution >= 0.6 is 34.9 Å². The second-order valence-corrected chi connectivity index (χ2v) is 9.07. The van der Waals surface area contributed by atoms with Crippen LogP contribution in [0.4, 0.5) is 4.39 Å². The van der Waals surface area contributed by atoms with Crippen LogP contribution in [0, 0.1) is 5.82 Å². The highest BCUT2D eigenvalue weighted by atomic mass is 32.2. The lowest BCUT2D eigenvalue weighted by molar-refractivity contribution is -0.130. The van der Waals surface area contributed by atoms with Crippen molar-refractivity contribution >= 4 is 50.9 Å². The van der Waals surface area contributed by atoms with E-state index in [2.05, 4.69) is 10.1 Å². The Balaban J connectivity index is 1.55. The molecule has 134 valence electrons. The largest absolute Gasteiger partial charge is 0.272 e. The Morgan fingerprint density at radius 1 is 1.31 bits per heavy atom. The highest BCUT2D eigenvalue weighted by Gasteiger charge is 2.33. The van der Waals surface area contributed by atoms with Crippen LogP contribution in [0.5, 0.6) is 0 Å². The molecule has 1 amide bonds. The first-order valence-electron chi connectivity index (χ1n) is 8.19. The van der Waals surface area contributed by atoms with E-state index in [0.29, 0.717) is 12.2 Å². The van der Waals surface area contributed by atoms with Crippen molar-refractivity contribution < 1.29 is 9.18 Å². The standard InChI is InChI=1S/C18H16FN3OS3/c19-13-5-3-12(4-6-13)15-10-14(16-2-1-8-24-16)21-22(15)17(23)11-26-18-20-7-9-25-18/h1-6,8,15H,7,9-11H2/t15-/m0/s1. The summed E-state index contributed by atoms with van der Waals surface area (Å²) in [6, 6.07) is 10.1. The van der Waals surface area contributed by atoms with E-state index in [0.717, 1.165) is 32.8 Å². The summed E-state index contributed by atoms with van der Waals surface area (Å²) >= 11 is 4.77. The van der Waals surface area contributed by atoms with E-state index in [4.69, 9.17) is 0 Å². The first-order valence-corrected chi connectivity index (χ1v) is 11.0. The molecule has 0 radical (unpaired) electrons. The SMILES string of the molecule is O=C(CSC1=NCCS1)N1N=C(c2cccs2)C[C@H]1c1ccc(F)cc1. The van der Waals surface area contributed by atoms with E-state index < -0.39 is 0 Å². The van der Waals surface area contributed by atoms with E-state index in [-0.39, 0.29) is 17.8 Å². The molecule has 2 aromatic rings. The van der Waals surface area contributed by atoms with E-state index in [1.54, 1.807) is 40.2 Å². The molecule has 0 saturated heterocycles. The predicted octanol–water partition coefficient (Wildman–Crippen LogP) is 4.40. The minimum atomic E-state index is -0.282. The molecule has 1 aromatic heterocycles. The zero-order valence-electron chi connectivity index (χ0n) is 13.8. The second kappa shape index (κ2) is 7.94. The zero-order valence-corrected chi connectivity index (χ0v) is 16.2. The van der Waals surface area contributed by atoms with Gasteiger partial charge in [0, 0.05) is 12.2 Å². The fraction of sp³-hybridized carbons (Fsp3) is 0.278. The van der Waals surface area contributed by atoms with Gasteiger partial charge in [0.2, 0.25) is 0 Å². The number of rotatable bonds is 4. The third-order valence-electron chi connectivity index (χ3n) is 4.10. The molecule has 1 atom stereocenters. The molecule has 2 aliphatic heterocycles. The van der Waals surface area contributed by atoms with Crippen molar-refractivity contribution in [1.82, 2.24) is 5.01 Å². The minimum Gasteiger partial charge on any atom is -0.272 e. The molecule has 0 bridgehead atoms. The van der Waals surface area contributed by atoms with Crippen molar-refractivity contribution in [3.05, 3.63) is 58.0 Å². The summed E-state index contributed by atoms with van der Waals surface area (Å²) in [5.41, 5.74) is 1.80. The Kier molecular flexibility index (Phi) is 5.42. The number of hydrogen-bond donors (Lipinski definition) is 0. The first kappa shape index (κ1) is 17.8. The number of amides is 1. The van der Waals surface area contributed by atoms with Gasteiger partial charge in [-0.05, 0) is 29.1 Å².